The van der Waals surface area contributed by atoms with Gasteiger partial charge in [0.15, 0.2) is 0 Å². The van der Waals surface area contributed by atoms with E-state index in [1.165, 1.54) is 5.56 Å². The lowest BCUT2D eigenvalue weighted by Crippen LogP contribution is -2.28. The highest BCUT2D eigenvalue weighted by Crippen LogP contribution is 2.43. The van der Waals surface area contributed by atoms with Crippen LogP contribution in [0.3, 0.4) is 0 Å². The average molecular weight is 397 g/mol. The van der Waals surface area contributed by atoms with Crippen LogP contribution in [0.2, 0.25) is 0 Å². The fourth-order valence-corrected chi connectivity index (χ4v) is 4.51. The van der Waals surface area contributed by atoms with Crippen LogP contribution in [0.5, 0.6) is 0 Å². The summed E-state index contributed by atoms with van der Waals surface area (Å²) in [5.41, 5.74) is 5.09. The molecule has 0 unspecified atom stereocenters. The van der Waals surface area contributed by atoms with Crippen LogP contribution in [-0.2, 0) is 9.59 Å². The third-order valence-electron chi connectivity index (χ3n) is 4.87. The molecule has 1 saturated heterocycles. The second kappa shape index (κ2) is 8.00. The first-order valence-electron chi connectivity index (χ1n) is 9.55. The van der Waals surface area contributed by atoms with Crippen LogP contribution < -0.4 is 10.2 Å². The van der Waals surface area contributed by atoms with Crippen LogP contribution in [-0.4, -0.2) is 17.6 Å². The number of anilines is 2. The van der Waals surface area contributed by atoms with E-state index in [1.54, 1.807) is 11.8 Å². The molecule has 4 nitrogen and oxygen atoms in total. The summed E-state index contributed by atoms with van der Waals surface area (Å²) in [6.45, 7) is 10.3. The zero-order chi connectivity index (χ0) is 20.5. The van der Waals surface area contributed by atoms with Gasteiger partial charge in [-0.15, -0.1) is 11.8 Å². The number of hydrogen-bond donors (Lipinski definition) is 1. The van der Waals surface area contributed by atoms with E-state index in [2.05, 4.69) is 25.2 Å². The maximum Gasteiger partial charge on any atom is 0.238 e. The molecule has 2 amide bonds. The van der Waals surface area contributed by atoms with Gasteiger partial charge in [-0.1, -0.05) is 45.0 Å². The topological polar surface area (TPSA) is 49.4 Å². The van der Waals surface area contributed by atoms with Gasteiger partial charge < -0.3 is 5.32 Å². The Morgan fingerprint density at radius 1 is 1.14 bits per heavy atom. The van der Waals surface area contributed by atoms with Gasteiger partial charge in [0.05, 0.1) is 5.75 Å². The van der Waals surface area contributed by atoms with Gasteiger partial charge in [-0.05, 0) is 54.2 Å². The second-order valence-corrected chi connectivity index (χ2v) is 9.62. The lowest BCUT2D eigenvalue weighted by molar-refractivity contribution is -0.118. The molecule has 1 fully saturated rings. The van der Waals surface area contributed by atoms with E-state index in [9.17, 15) is 9.59 Å². The molecular formula is C23H28N2O2S. The first kappa shape index (κ1) is 20.5. The van der Waals surface area contributed by atoms with Crippen LogP contribution in [0, 0.1) is 19.3 Å². The lowest BCUT2D eigenvalue weighted by atomic mass is 9.92. The van der Waals surface area contributed by atoms with Gasteiger partial charge in [0.25, 0.3) is 0 Å². The molecule has 1 atom stereocenters. The summed E-state index contributed by atoms with van der Waals surface area (Å²) in [6, 6.07) is 13.9. The Labute approximate surface area is 171 Å². The van der Waals surface area contributed by atoms with Crippen LogP contribution in [0.4, 0.5) is 11.4 Å². The fourth-order valence-electron chi connectivity index (χ4n) is 3.35. The number of rotatable bonds is 4. The van der Waals surface area contributed by atoms with Gasteiger partial charge in [-0.3, -0.25) is 14.5 Å². The van der Waals surface area contributed by atoms with Gasteiger partial charge in [0.1, 0.15) is 5.37 Å². The van der Waals surface area contributed by atoms with Gasteiger partial charge in [0.2, 0.25) is 11.8 Å². The standard InChI is InChI=1S/C23H28N2O2S/c1-15-7-6-8-19(16(15)2)25-21(27)14-28-22(25)17-9-11-18(12-10-17)24-20(26)13-23(3,4)5/h6-12,22H,13-14H2,1-5H3,(H,24,26)/t22-/m1/s1. The van der Waals surface area contributed by atoms with Crippen molar-refractivity contribution in [3.05, 3.63) is 59.2 Å². The van der Waals surface area contributed by atoms with Crippen LogP contribution in [0.1, 0.15) is 49.3 Å². The van der Waals surface area contributed by atoms with Crippen molar-refractivity contribution < 1.29 is 9.59 Å². The summed E-state index contributed by atoms with van der Waals surface area (Å²) in [4.78, 5) is 26.7. The van der Waals surface area contributed by atoms with Gasteiger partial charge in [0, 0.05) is 17.8 Å². The predicted molar refractivity (Wildman–Crippen MR) is 118 cm³/mol. The molecule has 1 aliphatic rings. The van der Waals surface area contributed by atoms with E-state index >= 15 is 0 Å². The first-order valence-corrected chi connectivity index (χ1v) is 10.6. The van der Waals surface area contributed by atoms with Crippen molar-refractivity contribution in [1.82, 2.24) is 0 Å². The van der Waals surface area contributed by atoms with E-state index in [4.69, 9.17) is 0 Å². The number of carbonyl (C=O) groups is 2. The highest BCUT2D eigenvalue weighted by atomic mass is 32.2. The number of aryl methyl sites for hydroxylation is 1. The number of thioether (sulfide) groups is 1. The highest BCUT2D eigenvalue weighted by molar-refractivity contribution is 8.00. The molecule has 3 rings (SSSR count). The lowest BCUT2D eigenvalue weighted by Gasteiger charge is -2.26. The van der Waals surface area contributed by atoms with Gasteiger partial charge >= 0.3 is 0 Å². The number of amides is 2. The third kappa shape index (κ3) is 4.58. The molecular weight excluding hydrogens is 368 g/mol. The maximum atomic E-state index is 12.6. The monoisotopic (exact) mass is 396 g/mol. The zero-order valence-corrected chi connectivity index (χ0v) is 18.0. The van der Waals surface area contributed by atoms with E-state index in [-0.39, 0.29) is 22.6 Å². The number of nitrogens with one attached hydrogen (secondary N) is 1. The van der Waals surface area contributed by atoms with Crippen LogP contribution in [0.25, 0.3) is 0 Å². The number of benzene rings is 2. The normalized spacial score (nSPS) is 17.1. The van der Waals surface area contributed by atoms with Gasteiger partial charge in [-0.25, -0.2) is 0 Å². The molecule has 0 radical (unpaired) electrons. The van der Waals surface area contributed by atoms with E-state index < -0.39 is 0 Å². The minimum atomic E-state index is -0.0488. The molecule has 0 bridgehead atoms. The molecule has 1 aliphatic heterocycles. The molecule has 1 heterocycles. The Bertz CT molecular complexity index is 884. The van der Waals surface area contributed by atoms with Crippen molar-refractivity contribution >= 4 is 35.0 Å². The molecule has 2 aromatic rings. The largest absolute Gasteiger partial charge is 0.326 e. The molecule has 0 saturated carbocycles. The molecule has 0 spiro atoms. The molecule has 0 aliphatic carbocycles. The van der Waals surface area contributed by atoms with Crippen molar-refractivity contribution in [2.45, 2.75) is 46.4 Å². The second-order valence-electron chi connectivity index (χ2n) is 8.55. The Morgan fingerprint density at radius 2 is 1.82 bits per heavy atom. The van der Waals surface area contributed by atoms with Crippen LogP contribution >= 0.6 is 11.8 Å². The minimum absolute atomic E-state index is 0.0164. The molecule has 5 heteroatoms. The quantitative estimate of drug-likeness (QED) is 0.747. The van der Waals surface area contributed by atoms with Crippen molar-refractivity contribution in [2.75, 3.05) is 16.0 Å². The van der Waals surface area contributed by atoms with Gasteiger partial charge in [-0.2, -0.15) is 0 Å². The molecule has 1 N–H and O–H groups in total. The SMILES string of the molecule is Cc1cccc(N2C(=O)CS[C@@H]2c2ccc(NC(=O)CC(C)(C)C)cc2)c1C. The smallest absolute Gasteiger partial charge is 0.238 e. The average Bonchev–Trinajstić information content (AvgIpc) is 2.98. The summed E-state index contributed by atoms with van der Waals surface area (Å²) < 4.78 is 0. The molecule has 148 valence electrons. The molecule has 0 aromatic heterocycles. The Hall–Kier alpha value is -2.27. The number of hydrogen-bond acceptors (Lipinski definition) is 3. The van der Waals surface area contributed by atoms with Crippen molar-refractivity contribution in [1.29, 1.82) is 0 Å². The van der Waals surface area contributed by atoms with Crippen molar-refractivity contribution in [3.8, 4) is 0 Å². The van der Waals surface area contributed by atoms with E-state index in [1.807, 2.05) is 62.1 Å². The zero-order valence-electron chi connectivity index (χ0n) is 17.2. The third-order valence-corrected chi connectivity index (χ3v) is 6.09. The molecule has 2 aromatic carbocycles. The number of nitrogens with zero attached hydrogens (tertiary/aromatic N) is 1. The molecule has 28 heavy (non-hydrogen) atoms. The summed E-state index contributed by atoms with van der Waals surface area (Å²) in [5.74, 6) is 0.621. The van der Waals surface area contributed by atoms with E-state index in [0.717, 1.165) is 22.5 Å². The van der Waals surface area contributed by atoms with E-state index in [0.29, 0.717) is 12.2 Å². The first-order chi connectivity index (χ1) is 13.2. The Morgan fingerprint density at radius 3 is 2.46 bits per heavy atom. The van der Waals surface area contributed by atoms with Crippen molar-refractivity contribution in [2.24, 2.45) is 5.41 Å². The summed E-state index contributed by atoms with van der Waals surface area (Å²) >= 11 is 1.64. The predicted octanol–water partition coefficient (Wildman–Crippen LogP) is 5.46. The highest BCUT2D eigenvalue weighted by Gasteiger charge is 2.34. The summed E-state index contributed by atoms with van der Waals surface area (Å²) in [6.07, 6.45) is 0.474. The maximum absolute atomic E-state index is 12.6. The number of carbonyl (C=O) groups excluding carboxylic acids is 2. The summed E-state index contributed by atoms with van der Waals surface area (Å²) in [5, 5.41) is 2.91. The van der Waals surface area contributed by atoms with Crippen molar-refractivity contribution in [3.63, 3.8) is 0 Å². The Kier molecular flexibility index (Phi) is 5.84. The fraction of sp³-hybridized carbons (Fsp3) is 0.391. The summed E-state index contributed by atoms with van der Waals surface area (Å²) in [7, 11) is 0. The Balaban J connectivity index is 1.80. The van der Waals surface area contributed by atoms with Crippen LogP contribution in [0.15, 0.2) is 42.5 Å². The minimum Gasteiger partial charge on any atom is -0.326 e.